The van der Waals surface area contributed by atoms with Crippen LogP contribution in [0, 0.1) is 0 Å². The summed E-state index contributed by atoms with van der Waals surface area (Å²) in [5, 5.41) is 4.70. The lowest BCUT2D eigenvalue weighted by molar-refractivity contribution is -0.125. The van der Waals surface area contributed by atoms with Gasteiger partial charge in [-0.05, 0) is 36.4 Å². The molecule has 0 aliphatic carbocycles. The molecule has 1 aliphatic rings. The molecule has 170 valence electrons. The van der Waals surface area contributed by atoms with Crippen LogP contribution >= 0.6 is 11.8 Å². The number of para-hydroxylation sites is 4. The summed E-state index contributed by atoms with van der Waals surface area (Å²) in [5.41, 5.74) is 7.74. The van der Waals surface area contributed by atoms with E-state index in [2.05, 4.69) is 15.3 Å². The maximum atomic E-state index is 13.2. The highest BCUT2D eigenvalue weighted by atomic mass is 32.2. The third-order valence-corrected chi connectivity index (χ3v) is 6.17. The smallest absolute Gasteiger partial charge is 0.260 e. The number of hydrogen-bond donors (Lipinski definition) is 2. The van der Waals surface area contributed by atoms with E-state index >= 15 is 0 Å². The zero-order valence-electron chi connectivity index (χ0n) is 18.0. The van der Waals surface area contributed by atoms with Gasteiger partial charge in [0, 0.05) is 11.1 Å². The third-order valence-electron chi connectivity index (χ3n) is 5.34. The van der Waals surface area contributed by atoms with Gasteiger partial charge < -0.3 is 20.7 Å². The van der Waals surface area contributed by atoms with Crippen LogP contribution in [0.25, 0.3) is 10.9 Å². The topological polar surface area (TPSA) is 110 Å². The average molecular weight is 472 g/mol. The number of aromatic nitrogens is 2. The normalized spacial score (nSPS) is 14.8. The van der Waals surface area contributed by atoms with Crippen molar-refractivity contribution < 1.29 is 14.3 Å². The zero-order valence-corrected chi connectivity index (χ0v) is 18.9. The van der Waals surface area contributed by atoms with Crippen LogP contribution < -0.4 is 20.7 Å². The van der Waals surface area contributed by atoms with Gasteiger partial charge in [0.1, 0.15) is 11.6 Å². The number of carbonyl (C=O) groups is 2. The number of carbonyl (C=O) groups excluding carboxylic acids is 2. The maximum Gasteiger partial charge on any atom is 0.260 e. The molecule has 3 N–H and O–H groups in total. The molecule has 0 fully saturated rings. The third kappa shape index (κ3) is 4.51. The molecule has 3 aromatic carbocycles. The van der Waals surface area contributed by atoms with Crippen molar-refractivity contribution in [1.82, 2.24) is 9.97 Å². The van der Waals surface area contributed by atoms with Crippen molar-refractivity contribution >= 4 is 51.7 Å². The zero-order chi connectivity index (χ0) is 23.5. The predicted molar refractivity (Wildman–Crippen MR) is 132 cm³/mol. The molecule has 0 bridgehead atoms. The molecule has 1 aromatic heterocycles. The van der Waals surface area contributed by atoms with Crippen LogP contribution in [0.2, 0.25) is 0 Å². The number of hydrogen-bond acceptors (Lipinski definition) is 7. The van der Waals surface area contributed by atoms with Gasteiger partial charge in [0.05, 0.1) is 23.5 Å². The Labute approximate surface area is 200 Å². The molecule has 1 atom stereocenters. The van der Waals surface area contributed by atoms with Crippen molar-refractivity contribution in [2.45, 2.75) is 11.3 Å². The summed E-state index contributed by atoms with van der Waals surface area (Å²) in [4.78, 5) is 35.7. The second-order valence-corrected chi connectivity index (χ2v) is 8.58. The summed E-state index contributed by atoms with van der Waals surface area (Å²) in [6, 6.07) is 24.5. The number of ether oxygens (including phenoxy) is 1. The van der Waals surface area contributed by atoms with E-state index in [0.717, 1.165) is 16.6 Å². The summed E-state index contributed by atoms with van der Waals surface area (Å²) in [6.07, 6.45) is -0.901. The highest BCUT2D eigenvalue weighted by Gasteiger charge is 2.32. The Kier molecular flexibility index (Phi) is 6.01. The van der Waals surface area contributed by atoms with Crippen molar-refractivity contribution in [2.75, 3.05) is 22.5 Å². The molecule has 2 amide bonds. The quantitative estimate of drug-likeness (QED) is 0.325. The van der Waals surface area contributed by atoms with E-state index in [1.165, 1.54) is 16.7 Å². The minimum atomic E-state index is -0.901. The average Bonchev–Trinajstić information content (AvgIpc) is 2.87. The molecule has 2 heterocycles. The van der Waals surface area contributed by atoms with E-state index in [1.54, 1.807) is 18.2 Å². The molecule has 8 nitrogen and oxygen atoms in total. The summed E-state index contributed by atoms with van der Waals surface area (Å²) < 4.78 is 5.65. The van der Waals surface area contributed by atoms with Gasteiger partial charge in [-0.15, -0.1) is 0 Å². The van der Waals surface area contributed by atoms with Crippen molar-refractivity contribution in [3.63, 3.8) is 0 Å². The fourth-order valence-corrected chi connectivity index (χ4v) is 4.42. The van der Waals surface area contributed by atoms with E-state index < -0.39 is 12.0 Å². The lowest BCUT2D eigenvalue weighted by atomic mass is 10.2. The fourth-order valence-electron chi connectivity index (χ4n) is 3.70. The number of fused-ring (bicyclic) bond motifs is 2. The first-order chi connectivity index (χ1) is 16.6. The van der Waals surface area contributed by atoms with Gasteiger partial charge in [0.2, 0.25) is 5.91 Å². The monoisotopic (exact) mass is 471 g/mol. The minimum Gasteiger partial charge on any atom is -0.477 e. The number of amides is 2. The molecule has 9 heteroatoms. The van der Waals surface area contributed by atoms with Crippen molar-refractivity contribution in [1.29, 1.82) is 0 Å². The summed E-state index contributed by atoms with van der Waals surface area (Å²) >= 11 is 1.24. The molecule has 1 unspecified atom stereocenters. The van der Waals surface area contributed by atoms with Crippen LogP contribution in [0.1, 0.15) is 0 Å². The molecule has 1 aliphatic heterocycles. The van der Waals surface area contributed by atoms with Crippen molar-refractivity contribution in [3.8, 4) is 5.75 Å². The molecule has 0 saturated heterocycles. The first-order valence-electron chi connectivity index (χ1n) is 10.7. The van der Waals surface area contributed by atoms with Gasteiger partial charge in [0.25, 0.3) is 5.91 Å². The van der Waals surface area contributed by atoms with Crippen LogP contribution in [0.3, 0.4) is 0 Å². The Morgan fingerprint density at radius 1 is 1.00 bits per heavy atom. The maximum absolute atomic E-state index is 13.2. The highest BCUT2D eigenvalue weighted by Crippen LogP contribution is 2.34. The molecular weight excluding hydrogens is 450 g/mol. The number of nitrogens with two attached hydrogens (primary N) is 1. The van der Waals surface area contributed by atoms with Crippen molar-refractivity contribution in [3.05, 3.63) is 78.9 Å². The van der Waals surface area contributed by atoms with Gasteiger partial charge in [-0.2, -0.15) is 0 Å². The molecule has 34 heavy (non-hydrogen) atoms. The van der Waals surface area contributed by atoms with Crippen LogP contribution in [-0.4, -0.2) is 40.2 Å². The number of rotatable bonds is 6. The number of thioether (sulfide) groups is 1. The molecule has 0 spiro atoms. The molecule has 0 radical (unpaired) electrons. The van der Waals surface area contributed by atoms with Gasteiger partial charge >= 0.3 is 0 Å². The van der Waals surface area contributed by atoms with Gasteiger partial charge in [-0.25, -0.2) is 9.97 Å². The standard InChI is InChI=1S/C25H21N5O3S/c26-23(32)21-14-30(19-12-6-7-13-20(19)33-21)22(31)15-34-25-28-18-11-5-4-10-17(18)24(29-25)27-16-8-2-1-3-9-16/h1-13,21H,14-15H2,(H2,26,32)(H,27,28,29). The van der Waals surface area contributed by atoms with Crippen LogP contribution in [0.4, 0.5) is 17.2 Å². The van der Waals surface area contributed by atoms with E-state index in [1.807, 2.05) is 60.7 Å². The largest absolute Gasteiger partial charge is 0.477 e. The van der Waals surface area contributed by atoms with Gasteiger partial charge in [-0.3, -0.25) is 9.59 Å². The van der Waals surface area contributed by atoms with Crippen LogP contribution in [-0.2, 0) is 9.59 Å². The molecule has 4 aromatic rings. The Hall–Kier alpha value is -4.11. The fraction of sp³-hybridized carbons (Fsp3) is 0.120. The Balaban J connectivity index is 1.39. The highest BCUT2D eigenvalue weighted by molar-refractivity contribution is 7.99. The van der Waals surface area contributed by atoms with Crippen molar-refractivity contribution in [2.24, 2.45) is 5.73 Å². The number of nitrogens with zero attached hydrogens (tertiary/aromatic N) is 3. The summed E-state index contributed by atoms with van der Waals surface area (Å²) in [5.74, 6) is 0.392. The Morgan fingerprint density at radius 2 is 1.74 bits per heavy atom. The number of anilines is 3. The number of nitrogens with one attached hydrogen (secondary N) is 1. The number of primary amides is 1. The van der Waals surface area contributed by atoms with E-state index in [0.29, 0.717) is 22.4 Å². The second-order valence-electron chi connectivity index (χ2n) is 7.63. The predicted octanol–water partition coefficient (Wildman–Crippen LogP) is 3.75. The first kappa shape index (κ1) is 21.7. The SMILES string of the molecule is NC(=O)C1CN(C(=O)CSc2nc(Nc3ccccc3)c3ccccc3n2)c2ccccc2O1. The molecule has 0 saturated carbocycles. The van der Waals surface area contributed by atoms with E-state index in [-0.39, 0.29) is 18.2 Å². The lowest BCUT2D eigenvalue weighted by Crippen LogP contribution is -2.49. The summed E-state index contributed by atoms with van der Waals surface area (Å²) in [7, 11) is 0. The van der Waals surface area contributed by atoms with E-state index in [4.69, 9.17) is 10.5 Å². The number of benzene rings is 3. The van der Waals surface area contributed by atoms with Gasteiger partial charge in [0.15, 0.2) is 11.3 Å². The lowest BCUT2D eigenvalue weighted by Gasteiger charge is -2.33. The Bertz CT molecular complexity index is 1370. The van der Waals surface area contributed by atoms with Crippen LogP contribution in [0.15, 0.2) is 84.0 Å². The van der Waals surface area contributed by atoms with Crippen LogP contribution in [0.5, 0.6) is 5.75 Å². The second kappa shape index (κ2) is 9.40. The minimum absolute atomic E-state index is 0.0606. The first-order valence-corrected chi connectivity index (χ1v) is 11.6. The molecule has 5 rings (SSSR count). The van der Waals surface area contributed by atoms with E-state index in [9.17, 15) is 9.59 Å². The Morgan fingerprint density at radius 3 is 2.56 bits per heavy atom. The molecular formula is C25H21N5O3S. The summed E-state index contributed by atoms with van der Waals surface area (Å²) in [6.45, 7) is 0.0606. The van der Waals surface area contributed by atoms with Gasteiger partial charge in [-0.1, -0.05) is 54.2 Å².